The van der Waals surface area contributed by atoms with Crippen molar-refractivity contribution < 1.29 is 23.5 Å². The molecular formula is C20H26FN3O4. The zero-order chi connectivity index (χ0) is 20.5. The predicted octanol–water partition coefficient (Wildman–Crippen LogP) is 2.26. The Bertz CT molecular complexity index is 769. The quantitative estimate of drug-likeness (QED) is 0.775. The van der Waals surface area contributed by atoms with Crippen LogP contribution in [0, 0.1) is 11.7 Å². The van der Waals surface area contributed by atoms with E-state index in [-0.39, 0.29) is 36.6 Å². The molecule has 0 bridgehead atoms. The van der Waals surface area contributed by atoms with E-state index in [9.17, 15) is 18.8 Å². The van der Waals surface area contributed by atoms with Crippen LogP contribution < -0.4 is 4.90 Å². The molecule has 2 aliphatic rings. The fourth-order valence-corrected chi connectivity index (χ4v) is 3.47. The minimum Gasteiger partial charge on any atom is -0.444 e. The Morgan fingerprint density at radius 1 is 1.07 bits per heavy atom. The van der Waals surface area contributed by atoms with E-state index in [4.69, 9.17) is 4.74 Å². The average Bonchev–Trinajstić information content (AvgIpc) is 3.02. The van der Waals surface area contributed by atoms with Gasteiger partial charge in [0.15, 0.2) is 0 Å². The molecule has 0 aromatic heterocycles. The lowest BCUT2D eigenvalue weighted by molar-refractivity contribution is -0.137. The van der Waals surface area contributed by atoms with Crippen LogP contribution in [0.5, 0.6) is 0 Å². The van der Waals surface area contributed by atoms with Crippen LogP contribution in [0.1, 0.15) is 27.2 Å². The molecule has 0 unspecified atom stereocenters. The standard InChI is InChI=1S/C20H26FN3O4/c1-20(2,3)28-19(27)23-10-8-22(9-11-23)18(26)14-12-17(25)24(13-14)16-7-5-4-6-15(16)21/h4-7,14H,8-13H2,1-3H3/t14-/m1/s1. The number of para-hydroxylation sites is 1. The van der Waals surface area contributed by atoms with E-state index in [2.05, 4.69) is 0 Å². The first-order chi connectivity index (χ1) is 13.2. The highest BCUT2D eigenvalue weighted by atomic mass is 19.1. The van der Waals surface area contributed by atoms with Gasteiger partial charge in [-0.05, 0) is 32.9 Å². The maximum atomic E-state index is 14.0. The van der Waals surface area contributed by atoms with E-state index < -0.39 is 17.3 Å². The first-order valence-electron chi connectivity index (χ1n) is 9.47. The molecule has 1 aromatic carbocycles. The molecule has 0 radical (unpaired) electrons. The molecule has 3 rings (SSSR count). The number of piperazine rings is 1. The maximum Gasteiger partial charge on any atom is 0.410 e. The van der Waals surface area contributed by atoms with Crippen molar-refractivity contribution in [2.75, 3.05) is 37.6 Å². The summed E-state index contributed by atoms with van der Waals surface area (Å²) in [6.45, 7) is 7.15. The van der Waals surface area contributed by atoms with Crippen LogP contribution in [0.4, 0.5) is 14.9 Å². The van der Waals surface area contributed by atoms with Crippen molar-refractivity contribution in [3.8, 4) is 0 Å². The van der Waals surface area contributed by atoms with Crippen LogP contribution in [0.3, 0.4) is 0 Å². The number of benzene rings is 1. The molecule has 0 N–H and O–H groups in total. The fourth-order valence-electron chi connectivity index (χ4n) is 3.47. The number of rotatable bonds is 2. The molecule has 28 heavy (non-hydrogen) atoms. The van der Waals surface area contributed by atoms with Crippen molar-refractivity contribution >= 4 is 23.6 Å². The molecule has 1 aromatic rings. The van der Waals surface area contributed by atoms with Crippen molar-refractivity contribution in [3.63, 3.8) is 0 Å². The Hall–Kier alpha value is -2.64. The SMILES string of the molecule is CC(C)(C)OC(=O)N1CCN(C(=O)[C@@H]2CC(=O)N(c3ccccc3F)C2)CC1. The minimum absolute atomic E-state index is 0.0689. The smallest absolute Gasteiger partial charge is 0.410 e. The molecule has 3 amide bonds. The largest absolute Gasteiger partial charge is 0.444 e. The van der Waals surface area contributed by atoms with E-state index in [1.807, 2.05) is 20.8 Å². The second-order valence-electron chi connectivity index (χ2n) is 8.15. The number of carbonyl (C=O) groups is 3. The number of hydrogen-bond acceptors (Lipinski definition) is 4. The van der Waals surface area contributed by atoms with Gasteiger partial charge in [0.05, 0.1) is 11.6 Å². The molecule has 8 heteroatoms. The van der Waals surface area contributed by atoms with Gasteiger partial charge < -0.3 is 19.4 Å². The third-order valence-corrected chi connectivity index (χ3v) is 4.86. The summed E-state index contributed by atoms with van der Waals surface area (Å²) in [6.07, 6.45) is -0.319. The lowest BCUT2D eigenvalue weighted by atomic mass is 10.1. The molecule has 0 spiro atoms. The Kier molecular flexibility index (Phi) is 5.58. The summed E-state index contributed by atoms with van der Waals surface area (Å²) >= 11 is 0. The van der Waals surface area contributed by atoms with Gasteiger partial charge in [0.25, 0.3) is 0 Å². The Balaban J connectivity index is 1.57. The molecule has 152 valence electrons. The zero-order valence-electron chi connectivity index (χ0n) is 16.5. The maximum absolute atomic E-state index is 14.0. The van der Waals surface area contributed by atoms with Gasteiger partial charge in [0, 0.05) is 39.1 Å². The molecule has 7 nitrogen and oxygen atoms in total. The highest BCUT2D eigenvalue weighted by molar-refractivity contribution is 6.00. The number of halogens is 1. The van der Waals surface area contributed by atoms with Crippen molar-refractivity contribution in [2.45, 2.75) is 32.8 Å². The highest BCUT2D eigenvalue weighted by Gasteiger charge is 2.39. The van der Waals surface area contributed by atoms with Crippen LogP contribution in [-0.2, 0) is 14.3 Å². The highest BCUT2D eigenvalue weighted by Crippen LogP contribution is 2.28. The van der Waals surface area contributed by atoms with Gasteiger partial charge in [-0.1, -0.05) is 12.1 Å². The number of amides is 3. The second kappa shape index (κ2) is 7.77. The third kappa shape index (κ3) is 4.43. The number of ether oxygens (including phenoxy) is 1. The topological polar surface area (TPSA) is 70.2 Å². The van der Waals surface area contributed by atoms with Crippen molar-refractivity contribution in [1.82, 2.24) is 9.80 Å². The second-order valence-corrected chi connectivity index (χ2v) is 8.15. The van der Waals surface area contributed by atoms with Crippen LogP contribution >= 0.6 is 0 Å². The van der Waals surface area contributed by atoms with E-state index in [0.29, 0.717) is 26.2 Å². The van der Waals surface area contributed by atoms with Crippen molar-refractivity contribution in [2.24, 2.45) is 5.92 Å². The van der Waals surface area contributed by atoms with E-state index in [0.717, 1.165) is 0 Å². The third-order valence-electron chi connectivity index (χ3n) is 4.86. The molecule has 0 saturated carbocycles. The summed E-state index contributed by atoms with van der Waals surface area (Å²) in [5, 5.41) is 0. The number of nitrogens with zero attached hydrogens (tertiary/aromatic N) is 3. The minimum atomic E-state index is -0.565. The molecule has 0 aliphatic carbocycles. The van der Waals surface area contributed by atoms with Gasteiger partial charge in [-0.3, -0.25) is 9.59 Å². The van der Waals surface area contributed by atoms with Gasteiger partial charge in [0.1, 0.15) is 11.4 Å². The summed E-state index contributed by atoms with van der Waals surface area (Å²) < 4.78 is 19.4. The summed E-state index contributed by atoms with van der Waals surface area (Å²) in [6, 6.07) is 6.07. The molecular weight excluding hydrogens is 365 g/mol. The molecule has 2 heterocycles. The summed E-state index contributed by atoms with van der Waals surface area (Å²) in [4.78, 5) is 41.9. The van der Waals surface area contributed by atoms with Crippen molar-refractivity contribution in [1.29, 1.82) is 0 Å². The zero-order valence-corrected chi connectivity index (χ0v) is 16.5. The fraction of sp³-hybridized carbons (Fsp3) is 0.550. The lowest BCUT2D eigenvalue weighted by Gasteiger charge is -2.36. The molecule has 1 atom stereocenters. The molecule has 2 aliphatic heterocycles. The predicted molar refractivity (Wildman–Crippen MR) is 101 cm³/mol. The first-order valence-corrected chi connectivity index (χ1v) is 9.47. The normalized spacial score (nSPS) is 20.5. The monoisotopic (exact) mass is 391 g/mol. The van der Waals surface area contributed by atoms with E-state index >= 15 is 0 Å². The first kappa shape index (κ1) is 20.1. The Morgan fingerprint density at radius 2 is 1.68 bits per heavy atom. The van der Waals surface area contributed by atoms with Gasteiger partial charge in [-0.25, -0.2) is 9.18 Å². The van der Waals surface area contributed by atoms with Crippen LogP contribution in [-0.4, -0.2) is 66.0 Å². The summed E-state index contributed by atoms with van der Waals surface area (Å²) in [5.41, 5.74) is -0.359. The van der Waals surface area contributed by atoms with E-state index in [1.165, 1.54) is 11.0 Å². The van der Waals surface area contributed by atoms with Crippen LogP contribution in [0.25, 0.3) is 0 Å². The van der Waals surface area contributed by atoms with Gasteiger partial charge in [-0.2, -0.15) is 0 Å². The van der Waals surface area contributed by atoms with Gasteiger partial charge in [0.2, 0.25) is 11.8 Å². The number of anilines is 1. The van der Waals surface area contributed by atoms with Crippen LogP contribution in [0.2, 0.25) is 0 Å². The van der Waals surface area contributed by atoms with Gasteiger partial charge >= 0.3 is 6.09 Å². The average molecular weight is 391 g/mol. The van der Waals surface area contributed by atoms with Crippen LogP contribution in [0.15, 0.2) is 24.3 Å². The Labute approximate surface area is 164 Å². The molecule has 2 fully saturated rings. The van der Waals surface area contributed by atoms with E-state index in [1.54, 1.807) is 28.0 Å². The number of carbonyl (C=O) groups excluding carboxylic acids is 3. The Morgan fingerprint density at radius 3 is 2.29 bits per heavy atom. The summed E-state index contributed by atoms with van der Waals surface area (Å²) in [7, 11) is 0. The number of hydrogen-bond donors (Lipinski definition) is 0. The van der Waals surface area contributed by atoms with Crippen molar-refractivity contribution in [3.05, 3.63) is 30.1 Å². The lowest BCUT2D eigenvalue weighted by Crippen LogP contribution is -2.53. The summed E-state index contributed by atoms with van der Waals surface area (Å²) in [5.74, 6) is -1.36. The molecule has 2 saturated heterocycles. The van der Waals surface area contributed by atoms with Gasteiger partial charge in [-0.15, -0.1) is 0 Å².